The maximum Gasteiger partial charge on any atom is 0.256 e. The first-order valence-electron chi connectivity index (χ1n) is 13.3. The lowest BCUT2D eigenvalue weighted by molar-refractivity contribution is 0.101. The summed E-state index contributed by atoms with van der Waals surface area (Å²) in [5.74, 6) is -0.339. The number of nitrogens with one attached hydrogen (secondary N) is 2. The lowest BCUT2D eigenvalue weighted by Crippen LogP contribution is -2.14. The smallest absolute Gasteiger partial charge is 0.256 e. The summed E-state index contributed by atoms with van der Waals surface area (Å²) in [7, 11) is 2.93. The largest absolute Gasteiger partial charge is 0.322 e. The molecule has 4 nitrogen and oxygen atoms in total. The molecule has 0 fully saturated rings. The van der Waals surface area contributed by atoms with E-state index in [0.717, 1.165) is 21.2 Å². The summed E-state index contributed by atoms with van der Waals surface area (Å²) >= 11 is 0. The lowest BCUT2D eigenvalue weighted by atomic mass is 9.87. The average Bonchev–Trinajstić information content (AvgIpc) is 2.92. The van der Waals surface area contributed by atoms with Crippen LogP contribution in [0.5, 0.6) is 0 Å². The van der Waals surface area contributed by atoms with Gasteiger partial charge in [0.2, 0.25) is 0 Å². The molecule has 40 heavy (non-hydrogen) atoms. The molecule has 0 saturated carbocycles. The van der Waals surface area contributed by atoms with Crippen LogP contribution in [0.25, 0.3) is 0 Å². The van der Waals surface area contributed by atoms with Gasteiger partial charge in [-0.2, -0.15) is 0 Å². The van der Waals surface area contributed by atoms with E-state index in [9.17, 15) is 9.59 Å². The summed E-state index contributed by atoms with van der Waals surface area (Å²) in [5, 5.41) is 6.04. The fourth-order valence-corrected chi connectivity index (χ4v) is 6.41. The Hall–Kier alpha value is -3.48. The minimum absolute atomic E-state index is 0.0487. The van der Waals surface area contributed by atoms with E-state index in [0.29, 0.717) is 11.1 Å². The Morgan fingerprint density at radius 2 is 0.825 bits per heavy atom. The molecule has 0 aromatic heterocycles. The molecule has 0 radical (unpaired) electrons. The van der Waals surface area contributed by atoms with Gasteiger partial charge in [-0.3, -0.25) is 9.59 Å². The maximum atomic E-state index is 13.2. The summed E-state index contributed by atoms with van der Waals surface area (Å²) in [6, 6.07) is 31.0. The first kappa shape index (κ1) is 29.5. The van der Waals surface area contributed by atoms with Crippen LogP contribution in [0, 0.1) is 0 Å². The van der Waals surface area contributed by atoms with E-state index in [4.69, 9.17) is 0 Å². The summed E-state index contributed by atoms with van der Waals surface area (Å²) in [5.41, 5.74) is 5.19. The number of carbonyl (C=O) groups is 2. The van der Waals surface area contributed by atoms with Gasteiger partial charge in [-0.15, -0.1) is 0 Å². The quantitative estimate of drug-likeness (QED) is 0.218. The predicted octanol–water partition coefficient (Wildman–Crippen LogP) is 9.59. The Labute approximate surface area is 245 Å². The van der Waals surface area contributed by atoms with Crippen LogP contribution in [0.4, 0.5) is 11.4 Å². The van der Waals surface area contributed by atoms with Gasteiger partial charge < -0.3 is 10.6 Å². The van der Waals surface area contributed by atoms with Crippen LogP contribution >= 0.6 is 21.6 Å². The van der Waals surface area contributed by atoms with E-state index < -0.39 is 0 Å². The van der Waals surface area contributed by atoms with Gasteiger partial charge >= 0.3 is 0 Å². The predicted molar refractivity (Wildman–Crippen MR) is 171 cm³/mol. The van der Waals surface area contributed by atoms with Gasteiger partial charge in [0.05, 0.1) is 11.1 Å². The summed E-state index contributed by atoms with van der Waals surface area (Å²) in [6.07, 6.45) is 0. The topological polar surface area (TPSA) is 58.2 Å². The molecule has 206 valence electrons. The van der Waals surface area contributed by atoms with Crippen molar-refractivity contribution in [3.8, 4) is 0 Å². The fraction of sp³-hybridized carbons (Fsp3) is 0.235. The Morgan fingerprint density at radius 3 is 1.15 bits per heavy atom. The summed E-state index contributed by atoms with van der Waals surface area (Å²) in [6.45, 7) is 13.0. The van der Waals surface area contributed by atoms with Gasteiger partial charge in [0.1, 0.15) is 0 Å². The van der Waals surface area contributed by atoms with E-state index in [1.165, 1.54) is 32.7 Å². The van der Waals surface area contributed by atoms with Crippen LogP contribution in [0.1, 0.15) is 73.4 Å². The third-order valence-corrected chi connectivity index (χ3v) is 8.98. The molecule has 0 saturated heterocycles. The first-order chi connectivity index (χ1) is 18.9. The minimum atomic E-state index is -0.169. The first-order valence-corrected chi connectivity index (χ1v) is 15.4. The Kier molecular flexibility index (Phi) is 9.12. The third kappa shape index (κ3) is 7.58. The highest BCUT2D eigenvalue weighted by molar-refractivity contribution is 8.76. The summed E-state index contributed by atoms with van der Waals surface area (Å²) in [4.78, 5) is 28.0. The van der Waals surface area contributed by atoms with E-state index in [1.807, 2.05) is 97.1 Å². The molecular formula is C34H36N2O2S2. The standard InChI is InChI=1S/C34H36N2O2S2/c1-33(2,3)23-15-19-25(20-16-23)35-31(37)27-11-7-9-13-29(27)39-40-30-14-10-8-12-28(30)32(38)36-26-21-17-24(18-22-26)34(4,5)6/h7-22H,1-6H3,(H,35,37)(H,36,38). The van der Waals surface area contributed by atoms with Crippen molar-refractivity contribution in [1.82, 2.24) is 0 Å². The van der Waals surface area contributed by atoms with Gasteiger partial charge in [0, 0.05) is 21.2 Å². The number of benzene rings is 4. The van der Waals surface area contributed by atoms with Crippen molar-refractivity contribution in [3.05, 3.63) is 119 Å². The SMILES string of the molecule is CC(C)(C)c1ccc(NC(=O)c2ccccc2SSc2ccccc2C(=O)Nc2ccc(C(C)(C)C)cc2)cc1. The highest BCUT2D eigenvalue weighted by atomic mass is 33.1. The Balaban J connectivity index is 1.45. The molecule has 0 unspecified atom stereocenters. The number of rotatable bonds is 7. The van der Waals surface area contributed by atoms with Crippen molar-refractivity contribution < 1.29 is 9.59 Å². The van der Waals surface area contributed by atoms with Crippen molar-refractivity contribution in [2.45, 2.75) is 62.2 Å². The molecule has 4 aromatic rings. The van der Waals surface area contributed by atoms with E-state index in [1.54, 1.807) is 0 Å². The highest BCUT2D eigenvalue weighted by Gasteiger charge is 2.18. The third-order valence-electron chi connectivity index (χ3n) is 6.50. The molecule has 0 atom stereocenters. The van der Waals surface area contributed by atoms with E-state index in [2.05, 4.69) is 52.2 Å². The zero-order valence-corrected chi connectivity index (χ0v) is 25.5. The molecule has 4 rings (SSSR count). The number of hydrogen-bond acceptors (Lipinski definition) is 4. The molecule has 0 aliphatic heterocycles. The molecule has 6 heteroatoms. The number of anilines is 2. The average molecular weight is 569 g/mol. The Morgan fingerprint density at radius 1 is 0.500 bits per heavy atom. The number of hydrogen-bond donors (Lipinski definition) is 2. The van der Waals surface area contributed by atoms with Gasteiger partial charge in [0.15, 0.2) is 0 Å². The summed E-state index contributed by atoms with van der Waals surface area (Å²) < 4.78 is 0. The van der Waals surface area contributed by atoms with Crippen molar-refractivity contribution in [1.29, 1.82) is 0 Å². The molecule has 0 heterocycles. The molecule has 2 N–H and O–H groups in total. The minimum Gasteiger partial charge on any atom is -0.322 e. The molecule has 0 aliphatic rings. The number of amides is 2. The van der Waals surface area contributed by atoms with Gasteiger partial charge in [0.25, 0.3) is 11.8 Å². The molecule has 4 aromatic carbocycles. The maximum absolute atomic E-state index is 13.2. The fourth-order valence-electron chi connectivity index (χ4n) is 4.05. The molecule has 2 amide bonds. The van der Waals surface area contributed by atoms with Crippen molar-refractivity contribution in [2.75, 3.05) is 10.6 Å². The number of carbonyl (C=O) groups excluding carboxylic acids is 2. The van der Waals surface area contributed by atoms with Crippen LogP contribution in [0.2, 0.25) is 0 Å². The molecule has 0 aliphatic carbocycles. The molecular weight excluding hydrogens is 533 g/mol. The van der Waals surface area contributed by atoms with Crippen LogP contribution in [-0.2, 0) is 10.8 Å². The van der Waals surface area contributed by atoms with Gasteiger partial charge in [-0.1, -0.05) is 112 Å². The van der Waals surface area contributed by atoms with Crippen LogP contribution < -0.4 is 10.6 Å². The van der Waals surface area contributed by atoms with Crippen LogP contribution in [0.3, 0.4) is 0 Å². The zero-order valence-electron chi connectivity index (χ0n) is 23.9. The van der Waals surface area contributed by atoms with Crippen LogP contribution in [0.15, 0.2) is 107 Å². The van der Waals surface area contributed by atoms with Gasteiger partial charge in [-0.05, 0) is 70.5 Å². The van der Waals surface area contributed by atoms with Crippen LogP contribution in [-0.4, -0.2) is 11.8 Å². The van der Waals surface area contributed by atoms with Crippen molar-refractivity contribution >= 4 is 44.8 Å². The van der Waals surface area contributed by atoms with E-state index >= 15 is 0 Å². The highest BCUT2D eigenvalue weighted by Crippen LogP contribution is 2.41. The lowest BCUT2D eigenvalue weighted by Gasteiger charge is -2.19. The van der Waals surface area contributed by atoms with Crippen molar-refractivity contribution in [2.24, 2.45) is 0 Å². The second kappa shape index (κ2) is 12.4. The zero-order chi connectivity index (χ0) is 28.9. The normalized spacial score (nSPS) is 11.7. The molecule has 0 bridgehead atoms. The Bertz CT molecular complexity index is 1370. The van der Waals surface area contributed by atoms with E-state index in [-0.39, 0.29) is 22.6 Å². The second-order valence-electron chi connectivity index (χ2n) is 11.7. The van der Waals surface area contributed by atoms with Crippen molar-refractivity contribution in [3.63, 3.8) is 0 Å². The molecule has 0 spiro atoms. The monoisotopic (exact) mass is 568 g/mol. The van der Waals surface area contributed by atoms with Gasteiger partial charge in [-0.25, -0.2) is 0 Å². The second-order valence-corrected chi connectivity index (χ2v) is 13.9.